The van der Waals surface area contributed by atoms with Crippen molar-refractivity contribution in [2.45, 2.75) is 19.8 Å². The predicted octanol–water partition coefficient (Wildman–Crippen LogP) is 4.71. The molecule has 1 aliphatic carbocycles. The van der Waals surface area contributed by atoms with Gasteiger partial charge in [0.2, 0.25) is 0 Å². The molecule has 1 heterocycles. The average Bonchev–Trinajstić information content (AvgIpc) is 3.01. The summed E-state index contributed by atoms with van der Waals surface area (Å²) in [4.78, 5) is 52.9. The lowest BCUT2D eigenvalue weighted by molar-refractivity contribution is -0.154. The van der Waals surface area contributed by atoms with Gasteiger partial charge in [-0.3, -0.25) is 19.2 Å². The van der Waals surface area contributed by atoms with Crippen LogP contribution in [0.25, 0.3) is 0 Å². The van der Waals surface area contributed by atoms with Crippen molar-refractivity contribution in [2.75, 3.05) is 6.54 Å². The van der Waals surface area contributed by atoms with Crippen molar-refractivity contribution in [3.8, 4) is 0 Å². The third-order valence-corrected chi connectivity index (χ3v) is 6.44. The highest BCUT2D eigenvalue weighted by atomic mass is 35.5. The normalized spacial score (nSPS) is 19.9. The molecule has 4 rings (SSSR count). The van der Waals surface area contributed by atoms with Gasteiger partial charge in [-0.1, -0.05) is 34.9 Å². The molecule has 9 heteroatoms. The van der Waals surface area contributed by atoms with Crippen LogP contribution in [0.3, 0.4) is 0 Å². The molecule has 0 aromatic heterocycles. The highest BCUT2D eigenvalue weighted by Gasteiger charge is 2.51. The molecule has 6 nitrogen and oxygen atoms in total. The average molecular weight is 489 g/mol. The van der Waals surface area contributed by atoms with Gasteiger partial charge in [-0.25, -0.2) is 9.40 Å². The largest absolute Gasteiger partial charge is 0.292 e. The molecular formula is C24H19Cl2FN2O4. The number of ketones is 1. The van der Waals surface area contributed by atoms with Gasteiger partial charge < -0.3 is 0 Å². The standard InChI is InChI=1S/C24H19Cl2FN2O4/c1-13-2-8-17-19(10-13)24(33)29(23(17)32)28(12-21(30)14-3-6-16(27)7-4-14)22(31)18-9-5-15(25)11-20(18)26/h2-7,9,11,17,19H,8,10,12H2,1H3/t17-,19-/m0/s1. The Morgan fingerprint density at radius 2 is 1.73 bits per heavy atom. The lowest BCUT2D eigenvalue weighted by Crippen LogP contribution is -2.52. The topological polar surface area (TPSA) is 74.8 Å². The molecule has 2 aromatic carbocycles. The van der Waals surface area contributed by atoms with E-state index in [1.807, 2.05) is 13.0 Å². The minimum Gasteiger partial charge on any atom is -0.292 e. The molecular weight excluding hydrogens is 470 g/mol. The zero-order valence-corrected chi connectivity index (χ0v) is 19.1. The van der Waals surface area contributed by atoms with Crippen LogP contribution in [0, 0.1) is 17.7 Å². The number of hydrogen-bond donors (Lipinski definition) is 0. The van der Waals surface area contributed by atoms with Gasteiger partial charge in [0.15, 0.2) is 5.78 Å². The van der Waals surface area contributed by atoms with Crippen molar-refractivity contribution in [1.82, 2.24) is 10.0 Å². The number of carbonyl (C=O) groups excluding carboxylic acids is 4. The Balaban J connectivity index is 1.72. The second kappa shape index (κ2) is 9.08. The van der Waals surface area contributed by atoms with Gasteiger partial charge in [0.05, 0.1) is 22.4 Å². The number of allylic oxidation sites excluding steroid dienone is 2. The lowest BCUT2D eigenvalue weighted by atomic mass is 9.82. The van der Waals surface area contributed by atoms with Gasteiger partial charge >= 0.3 is 0 Å². The Labute approximate surface area is 199 Å². The summed E-state index contributed by atoms with van der Waals surface area (Å²) in [5.74, 6) is -4.17. The van der Waals surface area contributed by atoms with E-state index in [0.29, 0.717) is 17.9 Å². The molecule has 2 aliphatic rings. The van der Waals surface area contributed by atoms with Gasteiger partial charge in [-0.2, -0.15) is 5.01 Å². The van der Waals surface area contributed by atoms with Crippen LogP contribution in [0.15, 0.2) is 54.1 Å². The van der Waals surface area contributed by atoms with E-state index < -0.39 is 47.7 Å². The van der Waals surface area contributed by atoms with Crippen LogP contribution in [0.4, 0.5) is 4.39 Å². The summed E-state index contributed by atoms with van der Waals surface area (Å²) < 4.78 is 13.3. The first kappa shape index (κ1) is 23.1. The number of amides is 3. The van der Waals surface area contributed by atoms with E-state index in [2.05, 4.69) is 0 Å². The summed E-state index contributed by atoms with van der Waals surface area (Å²) in [6, 6.07) is 8.95. The Kier molecular flexibility index (Phi) is 6.36. The van der Waals surface area contributed by atoms with E-state index in [4.69, 9.17) is 23.2 Å². The molecule has 3 amide bonds. The van der Waals surface area contributed by atoms with Crippen molar-refractivity contribution in [3.63, 3.8) is 0 Å². The van der Waals surface area contributed by atoms with Crippen LogP contribution in [0.1, 0.15) is 40.5 Å². The maximum absolute atomic E-state index is 13.5. The summed E-state index contributed by atoms with van der Waals surface area (Å²) >= 11 is 12.1. The number of imide groups is 1. The van der Waals surface area contributed by atoms with Crippen molar-refractivity contribution < 1.29 is 23.6 Å². The van der Waals surface area contributed by atoms with Crippen LogP contribution in [-0.2, 0) is 9.59 Å². The summed E-state index contributed by atoms with van der Waals surface area (Å²) in [5, 5.41) is 1.92. The number of rotatable bonds is 5. The fourth-order valence-electron chi connectivity index (χ4n) is 4.16. The number of hydrazine groups is 1. The van der Waals surface area contributed by atoms with Crippen molar-refractivity contribution >= 4 is 46.7 Å². The number of nitrogens with zero attached hydrogens (tertiary/aromatic N) is 2. The van der Waals surface area contributed by atoms with Crippen LogP contribution in [0.5, 0.6) is 0 Å². The minimum absolute atomic E-state index is 0.0146. The Hall–Kier alpha value is -3.03. The highest BCUT2D eigenvalue weighted by molar-refractivity contribution is 6.36. The molecule has 170 valence electrons. The molecule has 33 heavy (non-hydrogen) atoms. The van der Waals surface area contributed by atoms with Crippen molar-refractivity contribution in [2.24, 2.45) is 11.8 Å². The third kappa shape index (κ3) is 4.43. The molecule has 0 bridgehead atoms. The van der Waals surface area contributed by atoms with E-state index in [-0.39, 0.29) is 16.1 Å². The van der Waals surface area contributed by atoms with Gasteiger partial charge in [-0.05, 0) is 62.2 Å². The van der Waals surface area contributed by atoms with E-state index in [9.17, 15) is 23.6 Å². The number of fused-ring (bicyclic) bond motifs is 1. The molecule has 2 atom stereocenters. The predicted molar refractivity (Wildman–Crippen MR) is 120 cm³/mol. The van der Waals surface area contributed by atoms with Crippen LogP contribution >= 0.6 is 23.2 Å². The number of Topliss-reactive ketones (excluding diaryl/α,β-unsaturated/α-hetero) is 1. The SMILES string of the molecule is CC1=CC[C@@H]2C(=O)N(N(CC(=O)c3ccc(F)cc3)C(=O)c3ccc(Cl)cc3Cl)C(=O)[C@H]2C1. The summed E-state index contributed by atoms with van der Waals surface area (Å²) in [6.45, 7) is 1.28. The maximum atomic E-state index is 13.5. The first-order valence-electron chi connectivity index (χ1n) is 10.3. The Morgan fingerprint density at radius 1 is 1.06 bits per heavy atom. The van der Waals surface area contributed by atoms with Gasteiger partial charge in [0.25, 0.3) is 17.7 Å². The zero-order valence-electron chi connectivity index (χ0n) is 17.6. The van der Waals surface area contributed by atoms with E-state index in [0.717, 1.165) is 27.7 Å². The first-order chi connectivity index (χ1) is 15.7. The molecule has 0 spiro atoms. The van der Waals surface area contributed by atoms with E-state index in [1.54, 1.807) is 0 Å². The fraction of sp³-hybridized carbons (Fsp3) is 0.250. The third-order valence-electron chi connectivity index (χ3n) is 5.90. The highest BCUT2D eigenvalue weighted by Crippen LogP contribution is 2.39. The minimum atomic E-state index is -0.794. The smallest absolute Gasteiger partial charge is 0.274 e. The second-order valence-electron chi connectivity index (χ2n) is 8.11. The summed E-state index contributed by atoms with van der Waals surface area (Å²) in [7, 11) is 0. The molecule has 1 fully saturated rings. The molecule has 0 N–H and O–H groups in total. The summed E-state index contributed by atoms with van der Waals surface area (Å²) in [6.07, 6.45) is 2.69. The number of halogens is 3. The monoisotopic (exact) mass is 488 g/mol. The fourth-order valence-corrected chi connectivity index (χ4v) is 4.65. The number of hydrogen-bond acceptors (Lipinski definition) is 4. The Morgan fingerprint density at radius 3 is 2.39 bits per heavy atom. The van der Waals surface area contributed by atoms with Crippen LogP contribution in [-0.4, -0.2) is 40.1 Å². The quantitative estimate of drug-likeness (QED) is 0.346. The molecule has 0 radical (unpaired) electrons. The van der Waals surface area contributed by atoms with Gasteiger partial charge in [0, 0.05) is 10.6 Å². The summed E-state index contributed by atoms with van der Waals surface area (Å²) in [5.41, 5.74) is 1.10. The molecule has 1 aliphatic heterocycles. The zero-order chi connectivity index (χ0) is 23.9. The number of carbonyl (C=O) groups is 4. The number of benzene rings is 2. The van der Waals surface area contributed by atoms with Crippen LogP contribution < -0.4 is 0 Å². The van der Waals surface area contributed by atoms with Crippen molar-refractivity contribution in [3.05, 3.63) is 81.1 Å². The first-order valence-corrected chi connectivity index (χ1v) is 11.0. The van der Waals surface area contributed by atoms with Gasteiger partial charge in [0.1, 0.15) is 12.4 Å². The van der Waals surface area contributed by atoms with Gasteiger partial charge in [-0.15, -0.1) is 0 Å². The molecule has 1 saturated heterocycles. The lowest BCUT2D eigenvalue weighted by Gasteiger charge is -2.30. The van der Waals surface area contributed by atoms with Crippen molar-refractivity contribution in [1.29, 1.82) is 0 Å². The Bertz CT molecular complexity index is 1200. The van der Waals surface area contributed by atoms with Crippen LogP contribution in [0.2, 0.25) is 10.0 Å². The van der Waals surface area contributed by atoms with E-state index >= 15 is 0 Å². The molecule has 0 saturated carbocycles. The molecule has 2 aromatic rings. The maximum Gasteiger partial charge on any atom is 0.274 e. The second-order valence-corrected chi connectivity index (χ2v) is 8.95. The molecule has 0 unspecified atom stereocenters. The van der Waals surface area contributed by atoms with E-state index in [1.165, 1.54) is 30.3 Å².